The monoisotopic (exact) mass is 455 g/mol. The molecule has 3 aromatic heterocycles. The smallest absolute Gasteiger partial charge is 0.186 e. The van der Waals surface area contributed by atoms with Crippen LogP contribution in [-0.4, -0.2) is 85.9 Å². The Morgan fingerprint density at radius 2 is 1.42 bits per heavy atom. The van der Waals surface area contributed by atoms with E-state index in [0.29, 0.717) is 28.5 Å². The van der Waals surface area contributed by atoms with Gasteiger partial charge in [-0.1, -0.05) is 12.1 Å². The number of aliphatic hydroxyl groups is 4. The Kier molecular flexibility index (Phi) is 7.55. The molecule has 33 heavy (non-hydrogen) atoms. The van der Waals surface area contributed by atoms with Crippen molar-refractivity contribution >= 4 is 0 Å². The fourth-order valence-electron chi connectivity index (χ4n) is 3.41. The van der Waals surface area contributed by atoms with Crippen LogP contribution in [0.4, 0.5) is 0 Å². The molecule has 174 valence electrons. The maximum absolute atomic E-state index is 10.1. The van der Waals surface area contributed by atoms with Gasteiger partial charge in [0.05, 0.1) is 36.0 Å². The summed E-state index contributed by atoms with van der Waals surface area (Å²) in [7, 11) is 0. The minimum absolute atomic E-state index is 0.0167. The summed E-state index contributed by atoms with van der Waals surface area (Å²) in [6, 6.07) is 14.6. The number of aliphatic hydroxyl groups excluding tert-OH is 4. The van der Waals surface area contributed by atoms with Crippen molar-refractivity contribution in [3.8, 4) is 28.5 Å². The lowest BCUT2D eigenvalue weighted by Crippen LogP contribution is -2.59. The molecule has 0 bridgehead atoms. The van der Waals surface area contributed by atoms with E-state index < -0.39 is 37.3 Å². The molecule has 4 N–H and O–H groups in total. The van der Waals surface area contributed by atoms with E-state index in [9.17, 15) is 20.4 Å². The Morgan fingerprint density at radius 1 is 0.788 bits per heavy atom. The average molecular weight is 455 g/mol. The van der Waals surface area contributed by atoms with Crippen LogP contribution in [0.1, 0.15) is 0 Å². The Labute approximate surface area is 190 Å². The average Bonchev–Trinajstić information content (AvgIpc) is 2.87. The first-order valence-corrected chi connectivity index (χ1v) is 10.5. The molecule has 5 atom stereocenters. The van der Waals surface area contributed by atoms with Crippen LogP contribution in [0.2, 0.25) is 0 Å². The predicted octanol–water partition coefficient (Wildman–Crippen LogP) is 0.401. The first-order chi connectivity index (χ1) is 16.1. The molecule has 10 nitrogen and oxygen atoms in total. The highest BCUT2D eigenvalue weighted by Crippen LogP contribution is 2.27. The molecule has 0 spiro atoms. The van der Waals surface area contributed by atoms with Crippen molar-refractivity contribution in [3.63, 3.8) is 0 Å². The van der Waals surface area contributed by atoms with Crippen molar-refractivity contribution in [1.29, 1.82) is 0 Å². The molecule has 10 heteroatoms. The quantitative estimate of drug-likeness (QED) is 0.352. The Balaban J connectivity index is 1.44. The van der Waals surface area contributed by atoms with E-state index in [1.165, 1.54) is 0 Å². The Bertz CT molecular complexity index is 965. The zero-order valence-electron chi connectivity index (χ0n) is 17.6. The second-order valence-electron chi connectivity index (χ2n) is 7.42. The van der Waals surface area contributed by atoms with E-state index in [2.05, 4.69) is 15.0 Å². The highest BCUT2D eigenvalue weighted by Gasteiger charge is 2.43. The fourth-order valence-corrected chi connectivity index (χ4v) is 3.41. The maximum Gasteiger partial charge on any atom is 0.186 e. The molecule has 0 aromatic carbocycles. The van der Waals surface area contributed by atoms with Gasteiger partial charge < -0.3 is 34.6 Å². The van der Waals surface area contributed by atoms with Gasteiger partial charge in [-0.05, 0) is 24.3 Å². The molecule has 0 amide bonds. The summed E-state index contributed by atoms with van der Waals surface area (Å²) < 4.78 is 16.6. The van der Waals surface area contributed by atoms with Gasteiger partial charge in [-0.2, -0.15) is 0 Å². The summed E-state index contributed by atoms with van der Waals surface area (Å²) in [6.07, 6.45) is -3.28. The number of ether oxygens (including phenoxy) is 3. The van der Waals surface area contributed by atoms with Crippen molar-refractivity contribution < 1.29 is 34.6 Å². The molecule has 0 aliphatic carbocycles. The molecule has 1 fully saturated rings. The van der Waals surface area contributed by atoms with Crippen LogP contribution in [0.5, 0.6) is 5.75 Å². The standard InChI is InChI=1S/C23H25N3O7/c27-13-19-20(28)21(29)22(30)23(33-19)32-10-9-31-14-11-17(15-5-1-3-7-24-15)26-18(12-14)16-6-2-4-8-25-16/h1-8,11-12,19-23,27-30H,9-10,13H2/t19-,20-,21+,22-,23-/m1/s1. The summed E-state index contributed by atoms with van der Waals surface area (Å²) in [4.78, 5) is 13.3. The van der Waals surface area contributed by atoms with Gasteiger partial charge in [0.2, 0.25) is 0 Å². The Hall–Kier alpha value is -2.99. The zero-order valence-corrected chi connectivity index (χ0v) is 17.6. The highest BCUT2D eigenvalue weighted by atomic mass is 16.7. The van der Waals surface area contributed by atoms with E-state index in [4.69, 9.17) is 14.2 Å². The lowest BCUT2D eigenvalue weighted by atomic mass is 9.99. The third-order valence-electron chi connectivity index (χ3n) is 5.14. The minimum Gasteiger partial charge on any atom is -0.491 e. The number of hydrogen-bond donors (Lipinski definition) is 4. The summed E-state index contributed by atoms with van der Waals surface area (Å²) >= 11 is 0. The van der Waals surface area contributed by atoms with Crippen molar-refractivity contribution in [2.24, 2.45) is 0 Å². The van der Waals surface area contributed by atoms with Gasteiger partial charge in [0.15, 0.2) is 6.29 Å². The largest absolute Gasteiger partial charge is 0.491 e. The molecule has 4 heterocycles. The first-order valence-electron chi connectivity index (χ1n) is 10.5. The van der Waals surface area contributed by atoms with Crippen molar-refractivity contribution in [2.75, 3.05) is 19.8 Å². The van der Waals surface area contributed by atoms with Gasteiger partial charge in [0.25, 0.3) is 0 Å². The summed E-state index contributed by atoms with van der Waals surface area (Å²) in [5.74, 6) is 0.517. The van der Waals surface area contributed by atoms with Gasteiger partial charge in [-0.25, -0.2) is 4.98 Å². The third kappa shape index (κ3) is 5.50. The number of nitrogens with zero attached hydrogens (tertiary/aromatic N) is 3. The normalized spacial score (nSPS) is 25.0. The van der Waals surface area contributed by atoms with Gasteiger partial charge in [-0.3, -0.25) is 9.97 Å². The third-order valence-corrected chi connectivity index (χ3v) is 5.14. The SMILES string of the molecule is OC[C@H]1O[C@@H](OCCOc2cc(-c3ccccn3)nc(-c3ccccn3)c2)[C@H](O)[C@@H](O)[C@@H]1O. The second kappa shape index (κ2) is 10.8. The van der Waals surface area contributed by atoms with Crippen LogP contribution in [0.25, 0.3) is 22.8 Å². The van der Waals surface area contributed by atoms with Crippen LogP contribution in [0.3, 0.4) is 0 Å². The second-order valence-corrected chi connectivity index (χ2v) is 7.42. The molecule has 4 rings (SSSR count). The number of aromatic nitrogens is 3. The van der Waals surface area contributed by atoms with Crippen LogP contribution in [0.15, 0.2) is 60.9 Å². The van der Waals surface area contributed by atoms with Gasteiger partial charge in [0, 0.05) is 24.5 Å². The zero-order chi connectivity index (χ0) is 23.2. The molecular formula is C23H25N3O7. The molecule has 0 saturated carbocycles. The molecular weight excluding hydrogens is 430 g/mol. The topological polar surface area (TPSA) is 147 Å². The van der Waals surface area contributed by atoms with E-state index in [1.54, 1.807) is 24.5 Å². The molecule has 0 unspecified atom stereocenters. The van der Waals surface area contributed by atoms with Gasteiger partial charge in [-0.15, -0.1) is 0 Å². The summed E-state index contributed by atoms with van der Waals surface area (Å²) in [6.45, 7) is -0.407. The van der Waals surface area contributed by atoms with Crippen LogP contribution in [-0.2, 0) is 9.47 Å². The molecule has 1 aliphatic heterocycles. The van der Waals surface area contributed by atoms with E-state index in [-0.39, 0.29) is 13.2 Å². The van der Waals surface area contributed by atoms with E-state index >= 15 is 0 Å². The predicted molar refractivity (Wildman–Crippen MR) is 116 cm³/mol. The van der Waals surface area contributed by atoms with Gasteiger partial charge >= 0.3 is 0 Å². The number of rotatable bonds is 8. The number of pyridine rings is 3. The lowest BCUT2D eigenvalue weighted by molar-refractivity contribution is -0.301. The minimum atomic E-state index is -1.50. The van der Waals surface area contributed by atoms with E-state index in [0.717, 1.165) is 0 Å². The van der Waals surface area contributed by atoms with Crippen LogP contribution >= 0.6 is 0 Å². The molecule has 0 radical (unpaired) electrons. The fraction of sp³-hybridized carbons (Fsp3) is 0.348. The first kappa shape index (κ1) is 23.2. The molecule has 1 aliphatic rings. The van der Waals surface area contributed by atoms with Crippen LogP contribution < -0.4 is 4.74 Å². The van der Waals surface area contributed by atoms with Gasteiger partial charge in [0.1, 0.15) is 36.8 Å². The summed E-state index contributed by atoms with van der Waals surface area (Å²) in [5.41, 5.74) is 2.59. The van der Waals surface area contributed by atoms with Crippen molar-refractivity contribution in [3.05, 3.63) is 60.9 Å². The van der Waals surface area contributed by atoms with E-state index in [1.807, 2.05) is 36.4 Å². The Morgan fingerprint density at radius 3 is 1.97 bits per heavy atom. The molecule has 1 saturated heterocycles. The van der Waals surface area contributed by atoms with Crippen LogP contribution in [0, 0.1) is 0 Å². The van der Waals surface area contributed by atoms with Crippen molar-refractivity contribution in [2.45, 2.75) is 30.7 Å². The highest BCUT2D eigenvalue weighted by molar-refractivity contribution is 5.64. The van der Waals surface area contributed by atoms with Crippen molar-refractivity contribution in [1.82, 2.24) is 15.0 Å². The lowest BCUT2D eigenvalue weighted by Gasteiger charge is -2.39. The maximum atomic E-state index is 10.1. The number of hydrogen-bond acceptors (Lipinski definition) is 10. The summed E-state index contributed by atoms with van der Waals surface area (Å²) in [5, 5.41) is 39.0. The molecule has 3 aromatic rings.